The molecule has 0 aromatic heterocycles. The number of aliphatic carboxylic acids is 5. The van der Waals surface area contributed by atoms with Crippen molar-refractivity contribution in [3.05, 3.63) is 0 Å². The molecule has 0 radical (unpaired) electrons. The first kappa shape index (κ1) is 45.0. The molecule has 0 aromatic carbocycles. The van der Waals surface area contributed by atoms with Gasteiger partial charge in [-0.1, -0.05) is 12.8 Å². The first-order valence-corrected chi connectivity index (χ1v) is 15.8. The summed E-state index contributed by atoms with van der Waals surface area (Å²) in [6.45, 7) is 1.27. The van der Waals surface area contributed by atoms with Crippen LogP contribution in [0.1, 0.15) is 77.6 Å². The Hall–Kier alpha value is -4.99. The van der Waals surface area contributed by atoms with E-state index in [1.807, 2.05) is 0 Å². The molecule has 5 amide bonds. The van der Waals surface area contributed by atoms with Gasteiger partial charge in [-0.15, -0.1) is 0 Å². The van der Waals surface area contributed by atoms with Crippen molar-refractivity contribution in [3.63, 3.8) is 0 Å². The molecule has 50 heavy (non-hydrogen) atoms. The summed E-state index contributed by atoms with van der Waals surface area (Å²) >= 11 is 3.72. The summed E-state index contributed by atoms with van der Waals surface area (Å²) < 4.78 is 2.34. The second-order valence-electron chi connectivity index (χ2n) is 11.0. The van der Waals surface area contributed by atoms with Gasteiger partial charge in [0.1, 0.15) is 30.2 Å². The molecule has 282 valence electrons. The molecule has 0 fully saturated rings. The van der Waals surface area contributed by atoms with Gasteiger partial charge in [0.15, 0.2) is 0 Å². The summed E-state index contributed by atoms with van der Waals surface area (Å²) in [7, 11) is 0. The van der Waals surface area contributed by atoms with Crippen LogP contribution in [0.4, 0.5) is 0 Å². The fraction of sp³-hybridized carbons (Fsp3) is 0.643. The van der Waals surface area contributed by atoms with Crippen LogP contribution in [0.5, 0.6) is 0 Å². The third kappa shape index (κ3) is 20.4. The fourth-order valence-corrected chi connectivity index (χ4v) is 4.45. The predicted molar refractivity (Wildman–Crippen MR) is 171 cm³/mol. The molecule has 21 nitrogen and oxygen atoms in total. The zero-order valence-electron chi connectivity index (χ0n) is 27.1. The highest BCUT2D eigenvalue weighted by Crippen LogP contribution is 2.07. The van der Waals surface area contributed by atoms with Crippen LogP contribution in [0.15, 0.2) is 0 Å². The van der Waals surface area contributed by atoms with Crippen LogP contribution in [0, 0.1) is 0 Å². The quantitative estimate of drug-likeness (QED) is 0.0308. The van der Waals surface area contributed by atoms with Gasteiger partial charge in [0.2, 0.25) is 29.5 Å². The van der Waals surface area contributed by atoms with Gasteiger partial charge in [-0.2, -0.15) is 0 Å². The average molecular weight is 737 g/mol. The zero-order chi connectivity index (χ0) is 38.4. The van der Waals surface area contributed by atoms with E-state index < -0.39 is 122 Å². The van der Waals surface area contributed by atoms with E-state index in [0.717, 1.165) is 6.92 Å². The summed E-state index contributed by atoms with van der Waals surface area (Å²) in [4.78, 5) is 117. The molecular weight excluding hydrogens is 692 g/mol. The van der Waals surface area contributed by atoms with Crippen LogP contribution in [0.25, 0.3) is 0 Å². The highest BCUT2D eigenvalue weighted by atomic mass is 32.1. The zero-order valence-corrected chi connectivity index (χ0v) is 28.0. The smallest absolute Gasteiger partial charge is 0.326 e. The number of unbranched alkanes of at least 4 members (excludes halogenated alkanes) is 1. The van der Waals surface area contributed by atoms with Gasteiger partial charge < -0.3 is 52.1 Å². The maximum absolute atomic E-state index is 12.4. The van der Waals surface area contributed by atoms with Gasteiger partial charge >= 0.3 is 29.8 Å². The monoisotopic (exact) mass is 736 g/mol. The predicted octanol–water partition coefficient (Wildman–Crippen LogP) is -2.42. The Balaban J connectivity index is 4.79. The molecule has 0 bridgehead atoms. The Morgan fingerprint density at radius 3 is 1.08 bits per heavy atom. The van der Waals surface area contributed by atoms with Crippen molar-refractivity contribution in [2.24, 2.45) is 0 Å². The van der Waals surface area contributed by atoms with E-state index in [1.54, 1.807) is 0 Å². The molecular formula is C28H44N6O15S. The van der Waals surface area contributed by atoms with Gasteiger partial charge in [-0.25, -0.2) is 19.2 Å². The van der Waals surface area contributed by atoms with Crippen molar-refractivity contribution in [2.45, 2.75) is 108 Å². The van der Waals surface area contributed by atoms with Crippen molar-refractivity contribution in [3.8, 4) is 0 Å². The Morgan fingerprint density at radius 1 is 0.460 bits per heavy atom. The van der Waals surface area contributed by atoms with Gasteiger partial charge in [0.25, 0.3) is 0 Å². The number of amides is 5. The van der Waals surface area contributed by atoms with Crippen LogP contribution >= 0.6 is 12.8 Å². The van der Waals surface area contributed by atoms with E-state index in [9.17, 15) is 63.3 Å². The topological polar surface area (TPSA) is 344 Å². The van der Waals surface area contributed by atoms with Crippen molar-refractivity contribution in [1.82, 2.24) is 31.3 Å². The molecule has 0 rings (SSSR count). The number of rotatable bonds is 27. The maximum Gasteiger partial charge on any atom is 0.326 e. The SMILES string of the molecule is CC(=O)NC(CCC(=O)NC(CCC(=O)NC(CCC(=O)NC(CCC(=O)NCCCCC(NS)C(=O)O)C(=O)O)C(=O)O)C(=O)O)C(=O)O. The number of carbonyl (C=O) groups excluding carboxylic acids is 5. The summed E-state index contributed by atoms with van der Waals surface area (Å²) in [5.41, 5.74) is 0. The van der Waals surface area contributed by atoms with Gasteiger partial charge in [0, 0.05) is 39.2 Å². The van der Waals surface area contributed by atoms with Crippen molar-refractivity contribution < 1.29 is 73.5 Å². The standard InChI is InChI=1S/C28H44N6O15S/c1-14(35)30-15(24(40)41)6-10-21(37)32-17(26(44)45)8-12-23(39)33-18(27(46)47)7-11-22(38)31-16(25(42)43)5-9-20(36)29-13-3-2-4-19(34-50)28(48)49/h15-19,34,50H,2-13H2,1H3,(H,29,36)(H,30,35)(H,31,38)(H,32,37)(H,33,39)(H,40,41)(H,42,43)(H,44,45)(H,46,47)(H,48,49). The molecule has 11 N–H and O–H groups in total. The van der Waals surface area contributed by atoms with E-state index in [4.69, 9.17) is 10.2 Å². The fourth-order valence-electron chi connectivity index (χ4n) is 4.21. The first-order valence-electron chi connectivity index (χ1n) is 15.3. The summed E-state index contributed by atoms with van der Waals surface area (Å²) in [6, 6.07) is -6.97. The maximum atomic E-state index is 12.4. The first-order chi connectivity index (χ1) is 23.4. The highest BCUT2D eigenvalue weighted by Gasteiger charge is 2.27. The molecule has 5 atom stereocenters. The second kappa shape index (κ2) is 24.2. The lowest BCUT2D eigenvalue weighted by Crippen LogP contribution is -2.45. The minimum atomic E-state index is -1.63. The molecule has 0 spiro atoms. The van der Waals surface area contributed by atoms with Crippen LogP contribution in [0.3, 0.4) is 0 Å². The lowest BCUT2D eigenvalue weighted by molar-refractivity contribution is -0.144. The second-order valence-corrected chi connectivity index (χ2v) is 11.2. The summed E-state index contributed by atoms with van der Waals surface area (Å²) in [5.74, 6) is -10.9. The Labute approximate surface area is 291 Å². The number of hydrogen-bond donors (Lipinski definition) is 12. The molecule has 0 aromatic rings. The van der Waals surface area contributed by atoms with Crippen LogP contribution < -0.4 is 31.3 Å². The lowest BCUT2D eigenvalue weighted by Gasteiger charge is -2.18. The third-order valence-corrected chi connectivity index (χ3v) is 7.22. The Kier molecular flexibility index (Phi) is 21.8. The highest BCUT2D eigenvalue weighted by molar-refractivity contribution is 7.78. The number of carboxylic acids is 5. The third-order valence-electron chi connectivity index (χ3n) is 6.91. The van der Waals surface area contributed by atoms with E-state index in [2.05, 4.69) is 44.1 Å². The average Bonchev–Trinajstić information content (AvgIpc) is 3.02. The molecule has 5 unspecified atom stereocenters. The Bertz CT molecular complexity index is 1250. The molecule has 0 heterocycles. The van der Waals surface area contributed by atoms with E-state index in [1.165, 1.54) is 0 Å². The van der Waals surface area contributed by atoms with Crippen LogP contribution in [0.2, 0.25) is 0 Å². The molecule has 0 aliphatic carbocycles. The van der Waals surface area contributed by atoms with E-state index in [0.29, 0.717) is 12.8 Å². The number of thiol groups is 1. The lowest BCUT2D eigenvalue weighted by atomic mass is 10.1. The van der Waals surface area contributed by atoms with Crippen molar-refractivity contribution in [1.29, 1.82) is 0 Å². The minimum Gasteiger partial charge on any atom is -0.480 e. The molecule has 0 aliphatic rings. The van der Waals surface area contributed by atoms with Crippen LogP contribution in [-0.4, -0.2) is 122 Å². The summed E-state index contributed by atoms with van der Waals surface area (Å²) in [6.07, 6.45) is -2.32. The number of carbonyl (C=O) groups is 10. The number of hydrogen-bond acceptors (Lipinski definition) is 12. The van der Waals surface area contributed by atoms with E-state index >= 15 is 0 Å². The van der Waals surface area contributed by atoms with Crippen molar-refractivity contribution >= 4 is 72.2 Å². The molecule has 0 saturated carbocycles. The largest absolute Gasteiger partial charge is 0.480 e. The Morgan fingerprint density at radius 2 is 0.780 bits per heavy atom. The number of nitrogens with one attached hydrogen (secondary N) is 6. The summed E-state index contributed by atoms with van der Waals surface area (Å²) in [5, 5.41) is 57.4. The molecule has 0 aliphatic heterocycles. The number of carboxylic acid groups (broad SMARTS) is 5. The molecule has 0 saturated heterocycles. The molecule has 22 heteroatoms. The van der Waals surface area contributed by atoms with Gasteiger partial charge in [0.05, 0.1) is 0 Å². The van der Waals surface area contributed by atoms with Crippen LogP contribution in [-0.2, 0) is 47.9 Å². The normalized spacial score (nSPS) is 13.6. The van der Waals surface area contributed by atoms with Crippen molar-refractivity contribution in [2.75, 3.05) is 6.54 Å². The van der Waals surface area contributed by atoms with Gasteiger partial charge in [-0.3, -0.25) is 33.5 Å². The van der Waals surface area contributed by atoms with Gasteiger partial charge in [-0.05, 0) is 44.9 Å². The van der Waals surface area contributed by atoms with E-state index in [-0.39, 0.29) is 32.2 Å². The minimum absolute atomic E-state index is 0.200.